The third-order valence-corrected chi connectivity index (χ3v) is 5.59. The fraction of sp³-hybridized carbons (Fsp3) is 0.611. The Bertz CT molecular complexity index is 555. The highest BCUT2D eigenvalue weighted by molar-refractivity contribution is 6.27. The molecule has 4 saturated carbocycles. The molecule has 3 N–H and O–H groups in total. The zero-order valence-corrected chi connectivity index (χ0v) is 13.6. The largest absolute Gasteiger partial charge is 0.473 e. The summed E-state index contributed by atoms with van der Waals surface area (Å²) in [4.78, 5) is 22.6. The van der Waals surface area contributed by atoms with Crippen LogP contribution in [0.3, 0.4) is 0 Å². The van der Waals surface area contributed by atoms with Crippen LogP contribution in [0.15, 0.2) is 24.4 Å². The fourth-order valence-electron chi connectivity index (χ4n) is 5.11. The van der Waals surface area contributed by atoms with Crippen LogP contribution in [0.4, 0.5) is 0 Å². The SMILES string of the molecule is O=C(O)C(=O)O.c1ccc(CNC23CC4CC(CC(C4)C2)C3)nc1. The topological polar surface area (TPSA) is 99.5 Å². The van der Waals surface area contributed by atoms with Crippen LogP contribution in [0, 0.1) is 17.8 Å². The van der Waals surface area contributed by atoms with Crippen molar-refractivity contribution in [3.05, 3.63) is 30.1 Å². The second kappa shape index (κ2) is 6.89. The van der Waals surface area contributed by atoms with Crippen molar-refractivity contribution in [3.8, 4) is 0 Å². The van der Waals surface area contributed by atoms with Gasteiger partial charge >= 0.3 is 11.9 Å². The van der Waals surface area contributed by atoms with Crippen LogP contribution in [0.5, 0.6) is 0 Å². The molecule has 4 aliphatic carbocycles. The minimum atomic E-state index is -1.82. The molecule has 6 nitrogen and oxygen atoms in total. The first kappa shape index (κ1) is 16.9. The summed E-state index contributed by atoms with van der Waals surface area (Å²) in [7, 11) is 0. The predicted octanol–water partition coefficient (Wildman–Crippen LogP) is 2.30. The van der Waals surface area contributed by atoms with Gasteiger partial charge in [-0.2, -0.15) is 0 Å². The van der Waals surface area contributed by atoms with Gasteiger partial charge in [-0.25, -0.2) is 9.59 Å². The van der Waals surface area contributed by atoms with E-state index < -0.39 is 11.9 Å². The Morgan fingerprint density at radius 1 is 1.04 bits per heavy atom. The normalized spacial score (nSPS) is 32.8. The number of aromatic nitrogens is 1. The lowest BCUT2D eigenvalue weighted by Crippen LogP contribution is -2.58. The molecule has 1 heterocycles. The molecule has 0 atom stereocenters. The first-order valence-corrected chi connectivity index (χ1v) is 8.57. The molecule has 5 rings (SSSR count). The van der Waals surface area contributed by atoms with Crippen molar-refractivity contribution in [1.82, 2.24) is 10.3 Å². The van der Waals surface area contributed by atoms with Gasteiger partial charge in [0.25, 0.3) is 0 Å². The maximum Gasteiger partial charge on any atom is 0.414 e. The zero-order chi connectivity index (χ0) is 17.2. The van der Waals surface area contributed by atoms with Gasteiger partial charge in [0, 0.05) is 18.3 Å². The second-order valence-electron chi connectivity index (χ2n) is 7.48. The number of hydrogen-bond donors (Lipinski definition) is 3. The van der Waals surface area contributed by atoms with Crippen LogP contribution in [0.2, 0.25) is 0 Å². The second-order valence-corrected chi connectivity index (χ2v) is 7.48. The average Bonchev–Trinajstić information content (AvgIpc) is 2.53. The highest BCUT2D eigenvalue weighted by Gasteiger charge is 2.50. The molecule has 0 aliphatic heterocycles. The van der Waals surface area contributed by atoms with Gasteiger partial charge in [-0.3, -0.25) is 4.98 Å². The van der Waals surface area contributed by atoms with E-state index in [-0.39, 0.29) is 0 Å². The molecule has 130 valence electrons. The predicted molar refractivity (Wildman–Crippen MR) is 87.3 cm³/mol. The Morgan fingerprint density at radius 3 is 2.00 bits per heavy atom. The Morgan fingerprint density at radius 2 is 1.58 bits per heavy atom. The van der Waals surface area contributed by atoms with Crippen LogP contribution in [-0.2, 0) is 16.1 Å². The van der Waals surface area contributed by atoms with Crippen molar-refractivity contribution in [3.63, 3.8) is 0 Å². The van der Waals surface area contributed by atoms with E-state index in [1.165, 1.54) is 44.2 Å². The fourth-order valence-corrected chi connectivity index (χ4v) is 5.11. The zero-order valence-electron chi connectivity index (χ0n) is 13.6. The standard InChI is InChI=1S/C16H22N2.C2H2O4/c1-2-4-17-15(3-1)11-18-16-8-12-5-13(9-16)7-14(6-12)10-16;3-1(4)2(5)6/h1-4,12-14,18H,5-11H2;(H,3,4)(H,5,6). The number of nitrogens with one attached hydrogen (secondary N) is 1. The van der Waals surface area contributed by atoms with E-state index in [0.29, 0.717) is 5.54 Å². The number of carbonyl (C=O) groups is 2. The molecule has 6 heteroatoms. The van der Waals surface area contributed by atoms with Crippen molar-refractivity contribution >= 4 is 11.9 Å². The Kier molecular flexibility index (Phi) is 4.85. The molecule has 4 fully saturated rings. The third kappa shape index (κ3) is 3.93. The number of carboxylic acids is 2. The van der Waals surface area contributed by atoms with Crippen molar-refractivity contribution in [2.45, 2.75) is 50.6 Å². The molecule has 0 amide bonds. The van der Waals surface area contributed by atoms with Crippen molar-refractivity contribution in [2.75, 3.05) is 0 Å². The number of nitrogens with zero attached hydrogens (tertiary/aromatic N) is 1. The Balaban J connectivity index is 0.000000246. The Labute approximate surface area is 141 Å². The number of carboxylic acid groups (broad SMARTS) is 2. The lowest BCUT2D eigenvalue weighted by atomic mass is 9.53. The van der Waals surface area contributed by atoms with E-state index in [0.717, 1.165) is 24.3 Å². The van der Waals surface area contributed by atoms with Gasteiger partial charge in [0.2, 0.25) is 0 Å². The summed E-state index contributed by atoms with van der Waals surface area (Å²) < 4.78 is 0. The molecule has 24 heavy (non-hydrogen) atoms. The summed E-state index contributed by atoms with van der Waals surface area (Å²) >= 11 is 0. The molecule has 4 bridgehead atoms. The van der Waals surface area contributed by atoms with Gasteiger partial charge in [-0.1, -0.05) is 6.07 Å². The van der Waals surface area contributed by atoms with Gasteiger partial charge in [-0.15, -0.1) is 0 Å². The van der Waals surface area contributed by atoms with Gasteiger partial charge in [0.1, 0.15) is 0 Å². The molecule has 0 unspecified atom stereocenters. The average molecular weight is 332 g/mol. The summed E-state index contributed by atoms with van der Waals surface area (Å²) in [6, 6.07) is 6.21. The molecule has 1 aromatic rings. The van der Waals surface area contributed by atoms with Gasteiger partial charge < -0.3 is 15.5 Å². The Hall–Kier alpha value is -1.95. The summed E-state index contributed by atoms with van der Waals surface area (Å²) in [5.41, 5.74) is 1.65. The van der Waals surface area contributed by atoms with E-state index in [2.05, 4.69) is 22.4 Å². The minimum Gasteiger partial charge on any atom is -0.473 e. The molecular weight excluding hydrogens is 308 g/mol. The molecule has 4 aliphatic rings. The number of aliphatic carboxylic acids is 2. The van der Waals surface area contributed by atoms with Gasteiger partial charge in [0.15, 0.2) is 0 Å². The lowest BCUT2D eigenvalue weighted by Gasteiger charge is -2.57. The third-order valence-electron chi connectivity index (χ3n) is 5.59. The maximum atomic E-state index is 9.10. The highest BCUT2D eigenvalue weighted by Crippen LogP contribution is 2.55. The van der Waals surface area contributed by atoms with E-state index in [1.54, 1.807) is 0 Å². The summed E-state index contributed by atoms with van der Waals surface area (Å²) in [5, 5.41) is 18.7. The molecule has 0 radical (unpaired) electrons. The van der Waals surface area contributed by atoms with E-state index in [9.17, 15) is 0 Å². The first-order valence-electron chi connectivity index (χ1n) is 8.57. The summed E-state index contributed by atoms with van der Waals surface area (Å²) in [6.45, 7) is 0.951. The molecule has 0 saturated heterocycles. The van der Waals surface area contributed by atoms with Crippen molar-refractivity contribution < 1.29 is 19.8 Å². The van der Waals surface area contributed by atoms with Crippen LogP contribution < -0.4 is 5.32 Å². The molecule has 0 aromatic carbocycles. The number of rotatable bonds is 3. The first-order chi connectivity index (χ1) is 11.5. The minimum absolute atomic E-state index is 0.465. The van der Waals surface area contributed by atoms with Crippen molar-refractivity contribution in [2.24, 2.45) is 17.8 Å². The summed E-state index contributed by atoms with van der Waals surface area (Å²) in [5.74, 6) is -0.586. The number of pyridine rings is 1. The molecule has 0 spiro atoms. The monoisotopic (exact) mass is 332 g/mol. The van der Waals surface area contributed by atoms with E-state index in [4.69, 9.17) is 19.8 Å². The number of hydrogen-bond acceptors (Lipinski definition) is 4. The van der Waals surface area contributed by atoms with Crippen LogP contribution in [0.25, 0.3) is 0 Å². The lowest BCUT2D eigenvalue weighted by molar-refractivity contribution is -0.159. The maximum absolute atomic E-state index is 9.10. The molecule has 1 aromatic heterocycles. The van der Waals surface area contributed by atoms with Crippen LogP contribution in [0.1, 0.15) is 44.2 Å². The smallest absolute Gasteiger partial charge is 0.414 e. The van der Waals surface area contributed by atoms with E-state index >= 15 is 0 Å². The van der Waals surface area contributed by atoms with Crippen molar-refractivity contribution in [1.29, 1.82) is 0 Å². The van der Waals surface area contributed by atoms with E-state index in [1.807, 2.05) is 12.3 Å². The summed E-state index contributed by atoms with van der Waals surface area (Å²) in [6.07, 6.45) is 10.7. The van der Waals surface area contributed by atoms with Gasteiger partial charge in [0.05, 0.1) is 5.69 Å². The highest BCUT2D eigenvalue weighted by atomic mass is 16.4. The quantitative estimate of drug-likeness (QED) is 0.735. The van der Waals surface area contributed by atoms with Crippen LogP contribution in [-0.4, -0.2) is 32.7 Å². The van der Waals surface area contributed by atoms with Gasteiger partial charge in [-0.05, 0) is 68.4 Å². The van der Waals surface area contributed by atoms with Crippen LogP contribution >= 0.6 is 0 Å². The molecular formula is C18H24N2O4.